The molecule has 0 bridgehead atoms. The zero-order chi connectivity index (χ0) is 11.8. The number of nitrogens with zero attached hydrogens (tertiary/aromatic N) is 3. The number of nitrogens with one attached hydrogen (secondary N) is 1. The molecule has 5 nitrogen and oxygen atoms in total. The average Bonchev–Trinajstić information content (AvgIpc) is 2.71. The van der Waals surface area contributed by atoms with Gasteiger partial charge in [-0.3, -0.25) is 0 Å². The van der Waals surface area contributed by atoms with E-state index in [4.69, 9.17) is 0 Å². The van der Waals surface area contributed by atoms with Gasteiger partial charge in [-0.2, -0.15) is 4.39 Å². The van der Waals surface area contributed by atoms with Gasteiger partial charge in [0.1, 0.15) is 0 Å². The molecule has 1 aromatic heterocycles. The standard InChI is InChI=1S/C11H13FN4O/c12-10-5-8(1-2-13-10)15-3-4-16-9(7-15)6-14-11(16)17/h1-2,5,9H,3-4,6-7H2,(H,14,17). The summed E-state index contributed by atoms with van der Waals surface area (Å²) >= 11 is 0. The number of amides is 2. The van der Waals surface area contributed by atoms with Gasteiger partial charge in [-0.25, -0.2) is 9.78 Å². The van der Waals surface area contributed by atoms with Crippen molar-refractivity contribution in [1.29, 1.82) is 0 Å². The third-order valence-corrected chi connectivity index (χ3v) is 3.31. The van der Waals surface area contributed by atoms with Crippen LogP contribution in [-0.2, 0) is 0 Å². The summed E-state index contributed by atoms with van der Waals surface area (Å²) < 4.78 is 13.0. The monoisotopic (exact) mass is 236 g/mol. The third kappa shape index (κ3) is 1.79. The van der Waals surface area contributed by atoms with Crippen LogP contribution in [0.5, 0.6) is 0 Å². The molecule has 2 aliphatic heterocycles. The zero-order valence-corrected chi connectivity index (χ0v) is 9.27. The number of aromatic nitrogens is 1. The summed E-state index contributed by atoms with van der Waals surface area (Å²) in [5, 5.41) is 2.82. The van der Waals surface area contributed by atoms with Gasteiger partial charge in [0.05, 0.1) is 6.04 Å². The molecule has 0 aliphatic carbocycles. The predicted octanol–water partition coefficient (Wildman–Crippen LogP) is 0.434. The number of urea groups is 1. The summed E-state index contributed by atoms with van der Waals surface area (Å²) in [5.41, 5.74) is 0.830. The van der Waals surface area contributed by atoms with Gasteiger partial charge in [0, 0.05) is 44.1 Å². The molecule has 6 heteroatoms. The van der Waals surface area contributed by atoms with Gasteiger partial charge in [-0.05, 0) is 6.07 Å². The molecule has 2 saturated heterocycles. The zero-order valence-electron chi connectivity index (χ0n) is 9.27. The van der Waals surface area contributed by atoms with Crippen LogP contribution in [0.25, 0.3) is 0 Å². The van der Waals surface area contributed by atoms with E-state index >= 15 is 0 Å². The fourth-order valence-corrected chi connectivity index (χ4v) is 2.43. The number of halogens is 1. The molecular formula is C11H13FN4O. The maximum atomic E-state index is 13.0. The summed E-state index contributed by atoms with van der Waals surface area (Å²) in [6, 6.07) is 3.42. The van der Waals surface area contributed by atoms with Crippen molar-refractivity contribution in [3.63, 3.8) is 0 Å². The van der Waals surface area contributed by atoms with Gasteiger partial charge in [0.25, 0.3) is 0 Å². The Hall–Kier alpha value is -1.85. The van der Waals surface area contributed by atoms with Crippen molar-refractivity contribution in [3.8, 4) is 0 Å². The van der Waals surface area contributed by atoms with Crippen LogP contribution in [0.4, 0.5) is 14.9 Å². The number of hydrogen-bond acceptors (Lipinski definition) is 3. The van der Waals surface area contributed by atoms with Gasteiger partial charge in [0.15, 0.2) is 0 Å². The maximum Gasteiger partial charge on any atom is 0.317 e. The molecule has 90 valence electrons. The molecule has 1 aromatic rings. The van der Waals surface area contributed by atoms with Crippen LogP contribution in [0.3, 0.4) is 0 Å². The fourth-order valence-electron chi connectivity index (χ4n) is 2.43. The van der Waals surface area contributed by atoms with Crippen molar-refractivity contribution in [2.45, 2.75) is 6.04 Å². The SMILES string of the molecule is O=C1NCC2CN(c3ccnc(F)c3)CCN12. The van der Waals surface area contributed by atoms with Gasteiger partial charge >= 0.3 is 6.03 Å². The molecule has 2 aliphatic rings. The topological polar surface area (TPSA) is 48.5 Å². The second-order valence-electron chi connectivity index (χ2n) is 4.32. The highest BCUT2D eigenvalue weighted by Gasteiger charge is 2.35. The van der Waals surface area contributed by atoms with E-state index in [-0.39, 0.29) is 12.1 Å². The molecule has 1 unspecified atom stereocenters. The molecule has 17 heavy (non-hydrogen) atoms. The van der Waals surface area contributed by atoms with Crippen molar-refractivity contribution in [2.75, 3.05) is 31.1 Å². The second kappa shape index (κ2) is 3.87. The highest BCUT2D eigenvalue weighted by Crippen LogP contribution is 2.20. The summed E-state index contributed by atoms with van der Waals surface area (Å²) in [4.78, 5) is 18.9. The Morgan fingerprint density at radius 2 is 2.35 bits per heavy atom. The van der Waals surface area contributed by atoms with Crippen LogP contribution in [0.15, 0.2) is 18.3 Å². The van der Waals surface area contributed by atoms with E-state index in [9.17, 15) is 9.18 Å². The van der Waals surface area contributed by atoms with Crippen molar-refractivity contribution < 1.29 is 9.18 Å². The maximum absolute atomic E-state index is 13.0. The lowest BCUT2D eigenvalue weighted by Crippen LogP contribution is -2.52. The molecule has 2 fully saturated rings. The van der Waals surface area contributed by atoms with Gasteiger partial charge in [-0.1, -0.05) is 0 Å². The predicted molar refractivity (Wildman–Crippen MR) is 60.3 cm³/mol. The lowest BCUT2D eigenvalue weighted by Gasteiger charge is -2.37. The highest BCUT2D eigenvalue weighted by molar-refractivity contribution is 5.77. The summed E-state index contributed by atoms with van der Waals surface area (Å²) in [7, 11) is 0. The lowest BCUT2D eigenvalue weighted by atomic mass is 10.2. The van der Waals surface area contributed by atoms with Crippen LogP contribution in [0, 0.1) is 5.95 Å². The van der Waals surface area contributed by atoms with Crippen LogP contribution in [0.1, 0.15) is 0 Å². The quantitative estimate of drug-likeness (QED) is 0.719. The Labute approximate surface area is 98.2 Å². The number of fused-ring (bicyclic) bond motifs is 1. The summed E-state index contributed by atoms with van der Waals surface area (Å²) in [5.74, 6) is -0.467. The van der Waals surface area contributed by atoms with Crippen molar-refractivity contribution >= 4 is 11.7 Å². The molecule has 3 heterocycles. The summed E-state index contributed by atoms with van der Waals surface area (Å²) in [6.07, 6.45) is 1.47. The molecule has 3 rings (SSSR count). The summed E-state index contributed by atoms with van der Waals surface area (Å²) in [6.45, 7) is 2.82. The average molecular weight is 236 g/mol. The van der Waals surface area contributed by atoms with E-state index in [1.54, 1.807) is 6.07 Å². The van der Waals surface area contributed by atoms with E-state index in [1.807, 2.05) is 4.90 Å². The first kappa shape index (κ1) is 10.3. The molecule has 0 aromatic carbocycles. The normalized spacial score (nSPS) is 23.6. The minimum Gasteiger partial charge on any atom is -0.367 e. The first-order valence-electron chi connectivity index (χ1n) is 5.65. The van der Waals surface area contributed by atoms with Gasteiger partial charge < -0.3 is 15.1 Å². The minimum absolute atomic E-state index is 0.00978. The van der Waals surface area contributed by atoms with E-state index in [0.29, 0.717) is 13.1 Å². The molecule has 0 spiro atoms. The Morgan fingerprint density at radius 1 is 1.47 bits per heavy atom. The number of hydrogen-bond donors (Lipinski definition) is 1. The van der Waals surface area contributed by atoms with Crippen LogP contribution in [-0.4, -0.2) is 48.1 Å². The Bertz CT molecular complexity index is 453. The fraction of sp³-hybridized carbons (Fsp3) is 0.455. The van der Waals surface area contributed by atoms with Crippen LogP contribution >= 0.6 is 0 Å². The highest BCUT2D eigenvalue weighted by atomic mass is 19.1. The lowest BCUT2D eigenvalue weighted by molar-refractivity contribution is 0.197. The van der Waals surface area contributed by atoms with Gasteiger partial charge in [0.2, 0.25) is 5.95 Å². The largest absolute Gasteiger partial charge is 0.367 e. The molecule has 1 atom stereocenters. The van der Waals surface area contributed by atoms with Crippen molar-refractivity contribution in [2.24, 2.45) is 0 Å². The Morgan fingerprint density at radius 3 is 3.18 bits per heavy atom. The van der Waals surface area contributed by atoms with Crippen molar-refractivity contribution in [1.82, 2.24) is 15.2 Å². The van der Waals surface area contributed by atoms with E-state index < -0.39 is 5.95 Å². The number of carbonyl (C=O) groups excluding carboxylic acids is 1. The molecule has 0 radical (unpaired) electrons. The van der Waals surface area contributed by atoms with Gasteiger partial charge in [-0.15, -0.1) is 0 Å². The van der Waals surface area contributed by atoms with E-state index in [1.165, 1.54) is 12.3 Å². The second-order valence-corrected chi connectivity index (χ2v) is 4.32. The van der Waals surface area contributed by atoms with Crippen molar-refractivity contribution in [3.05, 3.63) is 24.3 Å². The smallest absolute Gasteiger partial charge is 0.317 e. The number of carbonyl (C=O) groups is 1. The molecule has 1 N–H and O–H groups in total. The first-order valence-corrected chi connectivity index (χ1v) is 5.65. The molecule has 2 amide bonds. The molecule has 0 saturated carbocycles. The minimum atomic E-state index is -0.467. The van der Waals surface area contributed by atoms with Crippen LogP contribution in [0.2, 0.25) is 0 Å². The number of anilines is 1. The Kier molecular flexibility index (Phi) is 2.35. The first-order chi connectivity index (χ1) is 8.24. The van der Waals surface area contributed by atoms with Crippen LogP contribution < -0.4 is 10.2 Å². The third-order valence-electron chi connectivity index (χ3n) is 3.31. The van der Waals surface area contributed by atoms with E-state index in [2.05, 4.69) is 15.2 Å². The Balaban J connectivity index is 1.77. The van der Waals surface area contributed by atoms with E-state index in [0.717, 1.165) is 18.8 Å². The number of piperazine rings is 1. The molecular weight excluding hydrogens is 223 g/mol. The number of pyridine rings is 1. The number of rotatable bonds is 1.